The lowest BCUT2D eigenvalue weighted by Crippen LogP contribution is -2.29. The number of ether oxygens (including phenoxy) is 1. The Morgan fingerprint density at radius 1 is 0.632 bits per heavy atom. The van der Waals surface area contributed by atoms with Crippen molar-refractivity contribution < 1.29 is 9.30 Å². The highest BCUT2D eigenvalue weighted by Gasteiger charge is 2.25. The first-order valence-corrected chi connectivity index (χ1v) is 20.8. The van der Waals surface area contributed by atoms with E-state index in [1.165, 1.54) is 38.7 Å². The van der Waals surface area contributed by atoms with Gasteiger partial charge in [-0.1, -0.05) is 125 Å². The Morgan fingerprint density at radius 2 is 1.28 bits per heavy atom. The van der Waals surface area contributed by atoms with E-state index in [0.717, 1.165) is 52.6 Å². The highest BCUT2D eigenvalue weighted by Crippen LogP contribution is 2.38. The molecule has 0 aliphatic rings. The minimum Gasteiger partial charge on any atom is -0.458 e. The second-order valence-electron chi connectivity index (χ2n) is 20.0. The monoisotopic (exact) mass is 758 g/mol. The van der Waals surface area contributed by atoms with Crippen LogP contribution >= 0.6 is 0 Å². The molecule has 0 aliphatic heterocycles. The van der Waals surface area contributed by atoms with Crippen LogP contribution in [-0.2, 0) is 29.1 Å². The summed E-state index contributed by atoms with van der Waals surface area (Å²) in [5.74, 6) is 3.63. The third-order valence-corrected chi connectivity index (χ3v) is 10.8. The van der Waals surface area contributed by atoms with Crippen LogP contribution < -0.4 is 9.30 Å². The molecule has 3 aromatic heterocycles. The normalized spacial score (nSPS) is 12.8. The third kappa shape index (κ3) is 8.59. The van der Waals surface area contributed by atoms with Crippen LogP contribution in [0, 0.1) is 18.2 Å². The van der Waals surface area contributed by atoms with E-state index < -0.39 is 0 Å². The summed E-state index contributed by atoms with van der Waals surface area (Å²) >= 11 is 0. The van der Waals surface area contributed by atoms with E-state index in [1.807, 2.05) is 6.20 Å². The predicted molar refractivity (Wildman–Crippen MR) is 238 cm³/mol. The second-order valence-corrected chi connectivity index (χ2v) is 20.0. The molecule has 57 heavy (non-hydrogen) atoms. The average Bonchev–Trinajstić information content (AvgIpc) is 3.71. The third-order valence-electron chi connectivity index (χ3n) is 10.8. The lowest BCUT2D eigenvalue weighted by Gasteiger charge is -2.24. The fraction of sp³-hybridized carbons (Fsp3) is 0.385. The number of aromatic nitrogens is 4. The van der Waals surface area contributed by atoms with Gasteiger partial charge in [-0.05, 0) is 113 Å². The lowest BCUT2D eigenvalue weighted by atomic mass is 9.86. The van der Waals surface area contributed by atoms with Gasteiger partial charge in [0.1, 0.15) is 17.3 Å². The summed E-state index contributed by atoms with van der Waals surface area (Å²) in [7, 11) is 0. The van der Waals surface area contributed by atoms with E-state index in [2.05, 4.69) is 207 Å². The maximum Gasteiger partial charge on any atom is 0.269 e. The average molecular weight is 759 g/mol. The molecule has 0 unspecified atom stereocenters. The molecule has 0 N–H and O–H groups in total. The molecule has 0 radical (unpaired) electrons. The molecule has 296 valence electrons. The zero-order valence-electron chi connectivity index (χ0n) is 36.6. The number of para-hydroxylation sites is 1. The van der Waals surface area contributed by atoms with Crippen molar-refractivity contribution in [1.82, 2.24) is 14.1 Å². The van der Waals surface area contributed by atoms with Crippen molar-refractivity contribution >= 4 is 21.8 Å². The van der Waals surface area contributed by atoms with E-state index in [4.69, 9.17) is 9.72 Å². The maximum atomic E-state index is 6.90. The van der Waals surface area contributed by atoms with Crippen LogP contribution in [0.2, 0.25) is 0 Å². The fourth-order valence-corrected chi connectivity index (χ4v) is 7.90. The van der Waals surface area contributed by atoms with Gasteiger partial charge < -0.3 is 4.74 Å². The van der Waals surface area contributed by atoms with Gasteiger partial charge in [-0.25, -0.2) is 4.98 Å². The van der Waals surface area contributed by atoms with Crippen LogP contribution in [0.5, 0.6) is 11.5 Å². The Labute approximate surface area is 341 Å². The number of benzene rings is 4. The van der Waals surface area contributed by atoms with Crippen LogP contribution in [0.3, 0.4) is 0 Å². The zero-order valence-corrected chi connectivity index (χ0v) is 36.6. The molecule has 3 heterocycles. The summed E-state index contributed by atoms with van der Waals surface area (Å²) in [6.07, 6.45) is 10.1. The minimum atomic E-state index is -0.145. The lowest BCUT2D eigenvalue weighted by molar-refractivity contribution is -0.599. The molecular formula is C52H62N4O. The van der Waals surface area contributed by atoms with Gasteiger partial charge in [0.25, 0.3) is 6.33 Å². The van der Waals surface area contributed by atoms with Crippen molar-refractivity contribution in [1.29, 1.82) is 0 Å². The SMILES string of the molecule is CC(C)Cc1cc(CC(C)C)cc(-[n+]2[c-]n(-c3cc(Oc4ccc5c6ccccc6n(-c6cc(C(C)(C)C)ccn6)c5c4)cc(C(C)(C)C)c3)c(C(C)(C)C)c2)c1. The minimum absolute atomic E-state index is 0.00172. The first-order valence-electron chi connectivity index (χ1n) is 20.8. The molecule has 0 spiro atoms. The molecular weight excluding hydrogens is 697 g/mol. The van der Waals surface area contributed by atoms with Crippen molar-refractivity contribution in [3.63, 3.8) is 0 Å². The smallest absolute Gasteiger partial charge is 0.269 e. The summed E-state index contributed by atoms with van der Waals surface area (Å²) in [4.78, 5) is 4.89. The number of nitrogens with zero attached hydrogens (tertiary/aromatic N) is 4. The van der Waals surface area contributed by atoms with Crippen molar-refractivity contribution in [2.75, 3.05) is 0 Å². The molecule has 7 aromatic rings. The van der Waals surface area contributed by atoms with Gasteiger partial charge in [-0.15, -0.1) is 0 Å². The predicted octanol–water partition coefficient (Wildman–Crippen LogP) is 13.1. The molecule has 0 saturated carbocycles. The highest BCUT2D eigenvalue weighted by atomic mass is 16.5. The quantitative estimate of drug-likeness (QED) is 0.109. The highest BCUT2D eigenvalue weighted by molar-refractivity contribution is 6.09. The number of pyridine rings is 1. The molecule has 0 amide bonds. The first-order chi connectivity index (χ1) is 26.7. The number of hydrogen-bond donors (Lipinski definition) is 0. The Kier molecular flexibility index (Phi) is 10.5. The molecule has 0 aliphatic carbocycles. The molecule has 5 nitrogen and oxygen atoms in total. The number of fused-ring (bicyclic) bond motifs is 3. The van der Waals surface area contributed by atoms with E-state index in [-0.39, 0.29) is 16.2 Å². The van der Waals surface area contributed by atoms with Crippen molar-refractivity contribution in [2.24, 2.45) is 11.8 Å². The topological polar surface area (TPSA) is 35.9 Å². The Hall–Kier alpha value is -5.16. The van der Waals surface area contributed by atoms with Crippen LogP contribution in [0.1, 0.15) is 118 Å². The number of imidazole rings is 1. The molecule has 7 rings (SSSR count). The molecule has 0 atom stereocenters. The Balaban J connectivity index is 1.35. The van der Waals surface area contributed by atoms with Gasteiger partial charge in [0.05, 0.1) is 28.1 Å². The molecule has 4 aromatic carbocycles. The van der Waals surface area contributed by atoms with Crippen molar-refractivity contribution in [3.05, 3.63) is 138 Å². The van der Waals surface area contributed by atoms with Gasteiger partial charge in [-0.3, -0.25) is 13.7 Å². The van der Waals surface area contributed by atoms with E-state index in [9.17, 15) is 0 Å². The van der Waals surface area contributed by atoms with Gasteiger partial charge in [0.15, 0.2) is 0 Å². The van der Waals surface area contributed by atoms with Crippen molar-refractivity contribution in [3.8, 4) is 28.7 Å². The summed E-state index contributed by atoms with van der Waals surface area (Å²) in [5.41, 5.74) is 10.5. The molecule has 0 fully saturated rings. The molecule has 0 saturated heterocycles. The first kappa shape index (κ1) is 40.1. The summed E-state index contributed by atoms with van der Waals surface area (Å²) < 4.78 is 13.6. The summed E-state index contributed by atoms with van der Waals surface area (Å²) in [6, 6.07) is 33.1. The maximum absolute atomic E-state index is 6.90. The fourth-order valence-electron chi connectivity index (χ4n) is 7.90. The Bertz CT molecular complexity index is 2530. The van der Waals surface area contributed by atoms with Gasteiger partial charge in [0.2, 0.25) is 0 Å². The number of rotatable bonds is 9. The van der Waals surface area contributed by atoms with E-state index >= 15 is 0 Å². The number of hydrogen-bond acceptors (Lipinski definition) is 2. The molecule has 5 heteroatoms. The second kappa shape index (κ2) is 15.0. The zero-order chi connectivity index (χ0) is 41.0. The molecule has 0 bridgehead atoms. The van der Waals surface area contributed by atoms with E-state index in [1.54, 1.807) is 0 Å². The van der Waals surface area contributed by atoms with E-state index in [0.29, 0.717) is 11.8 Å². The Morgan fingerprint density at radius 3 is 1.91 bits per heavy atom. The van der Waals surface area contributed by atoms with Crippen molar-refractivity contribution in [2.45, 2.75) is 119 Å². The standard InChI is InChI=1S/C52H62N4O/c1-34(2)22-36-24-37(23-35(3)4)26-40(25-36)54-32-48(52(11,12)13)55(33-54)41-27-39(51(8,9)10)28-43(30-41)57-42-18-19-45-44-16-14-15-17-46(44)56(47(45)31-42)49-29-38(20-21-53-49)50(5,6)7/h14-21,24-32,34-35H,22-23H2,1-13H3. The van der Waals surface area contributed by atoms with Gasteiger partial charge in [0, 0.05) is 29.2 Å². The summed E-state index contributed by atoms with van der Waals surface area (Å²) in [5, 5.41) is 2.36. The van der Waals surface area contributed by atoms with Crippen LogP contribution in [0.25, 0.3) is 39.0 Å². The van der Waals surface area contributed by atoms with Crippen LogP contribution in [0.4, 0.5) is 0 Å². The van der Waals surface area contributed by atoms with Crippen LogP contribution in [-0.4, -0.2) is 14.1 Å². The van der Waals surface area contributed by atoms with Gasteiger partial charge in [-0.2, -0.15) is 0 Å². The van der Waals surface area contributed by atoms with Crippen LogP contribution in [0.15, 0.2) is 103 Å². The summed E-state index contributed by atoms with van der Waals surface area (Å²) in [6.45, 7) is 29.5. The van der Waals surface area contributed by atoms with Gasteiger partial charge >= 0.3 is 0 Å². The largest absolute Gasteiger partial charge is 0.458 e.